The quantitative estimate of drug-likeness (QED) is 0.924. The van der Waals surface area contributed by atoms with Crippen molar-refractivity contribution in [2.45, 2.75) is 12.7 Å². The first-order valence-corrected chi connectivity index (χ1v) is 8.04. The molecule has 1 aromatic carbocycles. The van der Waals surface area contributed by atoms with E-state index in [1.807, 2.05) is 30.3 Å². The summed E-state index contributed by atoms with van der Waals surface area (Å²) in [5, 5.41) is 10.1. The second kappa shape index (κ2) is 7.36. The molecule has 0 spiro atoms. The lowest BCUT2D eigenvalue weighted by atomic mass is 10.0. The van der Waals surface area contributed by atoms with Crippen LogP contribution in [0.4, 0.5) is 4.79 Å². The minimum Gasteiger partial charge on any atom is -0.445 e. The summed E-state index contributed by atoms with van der Waals surface area (Å²) in [5.41, 5.74) is 2.37. The second-order valence-corrected chi connectivity index (χ2v) is 6.05. The standard InChI is InChI=1S/C19H20N2O4/c1-20-10-15(7-8-18(20)23)16-9-17(22)12-21(11-16)19(24)25-13-14-5-3-2-4-6-14/h2-10,17,22H,11-13H2,1H3. The Balaban J connectivity index is 1.69. The Morgan fingerprint density at radius 2 is 2.00 bits per heavy atom. The number of hydrogen-bond donors (Lipinski definition) is 1. The Labute approximate surface area is 145 Å². The maximum absolute atomic E-state index is 12.3. The number of hydrogen-bond acceptors (Lipinski definition) is 4. The molecule has 0 radical (unpaired) electrons. The number of rotatable bonds is 3. The first kappa shape index (κ1) is 17.0. The number of pyridine rings is 1. The van der Waals surface area contributed by atoms with Gasteiger partial charge in [0.05, 0.1) is 12.6 Å². The molecule has 0 aliphatic carbocycles. The van der Waals surface area contributed by atoms with Gasteiger partial charge in [0.2, 0.25) is 5.56 Å². The highest BCUT2D eigenvalue weighted by Crippen LogP contribution is 2.21. The highest BCUT2D eigenvalue weighted by Gasteiger charge is 2.25. The number of carbonyl (C=O) groups excluding carboxylic acids is 1. The van der Waals surface area contributed by atoms with E-state index in [4.69, 9.17) is 4.74 Å². The number of benzene rings is 1. The van der Waals surface area contributed by atoms with E-state index in [0.29, 0.717) is 6.54 Å². The van der Waals surface area contributed by atoms with Crippen LogP contribution < -0.4 is 5.56 Å². The van der Waals surface area contributed by atoms with Crippen molar-refractivity contribution in [3.8, 4) is 0 Å². The van der Waals surface area contributed by atoms with Crippen molar-refractivity contribution in [1.82, 2.24) is 9.47 Å². The molecule has 1 amide bonds. The molecular formula is C19H20N2O4. The number of aromatic nitrogens is 1. The predicted molar refractivity (Wildman–Crippen MR) is 93.9 cm³/mol. The number of β-amino-alcohol motifs (C(OH)–C–C–N with tert-alkyl or cyclic N) is 1. The molecule has 1 atom stereocenters. The van der Waals surface area contributed by atoms with Crippen molar-refractivity contribution in [2.24, 2.45) is 7.05 Å². The lowest BCUT2D eigenvalue weighted by Gasteiger charge is -2.29. The zero-order valence-electron chi connectivity index (χ0n) is 14.0. The van der Waals surface area contributed by atoms with Gasteiger partial charge in [0.15, 0.2) is 0 Å². The third kappa shape index (κ3) is 4.16. The number of ether oxygens (including phenoxy) is 1. The van der Waals surface area contributed by atoms with E-state index in [2.05, 4.69) is 0 Å². The normalized spacial score (nSPS) is 17.1. The van der Waals surface area contributed by atoms with Crippen LogP contribution in [0.1, 0.15) is 11.1 Å². The molecule has 1 aliphatic rings. The third-order valence-corrected chi connectivity index (χ3v) is 4.08. The SMILES string of the molecule is Cn1cc(C2=CC(O)CN(C(=O)OCc3ccccc3)C2)ccc1=O. The molecule has 2 heterocycles. The number of aliphatic hydroxyl groups excluding tert-OH is 1. The minimum atomic E-state index is -0.773. The van der Waals surface area contributed by atoms with Gasteiger partial charge in [-0.25, -0.2) is 4.79 Å². The minimum absolute atomic E-state index is 0.111. The smallest absolute Gasteiger partial charge is 0.410 e. The van der Waals surface area contributed by atoms with Gasteiger partial charge in [0, 0.05) is 25.9 Å². The van der Waals surface area contributed by atoms with Gasteiger partial charge < -0.3 is 19.3 Å². The maximum atomic E-state index is 12.3. The van der Waals surface area contributed by atoms with Gasteiger partial charge in [-0.1, -0.05) is 30.3 Å². The molecule has 130 valence electrons. The number of nitrogens with zero attached hydrogens (tertiary/aromatic N) is 2. The van der Waals surface area contributed by atoms with Crippen LogP contribution in [0, 0.1) is 0 Å². The molecule has 0 saturated heterocycles. The van der Waals surface area contributed by atoms with Crippen LogP contribution in [0.5, 0.6) is 0 Å². The lowest BCUT2D eigenvalue weighted by molar-refractivity contribution is 0.0810. The van der Waals surface area contributed by atoms with E-state index in [-0.39, 0.29) is 18.7 Å². The average molecular weight is 340 g/mol. The van der Waals surface area contributed by atoms with E-state index in [1.54, 1.807) is 25.4 Å². The number of aliphatic hydroxyl groups is 1. The summed E-state index contributed by atoms with van der Waals surface area (Å²) < 4.78 is 6.80. The van der Waals surface area contributed by atoms with Gasteiger partial charge in [0.25, 0.3) is 0 Å². The molecule has 25 heavy (non-hydrogen) atoms. The van der Waals surface area contributed by atoms with Crippen LogP contribution in [0.25, 0.3) is 5.57 Å². The van der Waals surface area contributed by atoms with E-state index >= 15 is 0 Å². The first-order valence-electron chi connectivity index (χ1n) is 8.04. The summed E-state index contributed by atoms with van der Waals surface area (Å²) in [7, 11) is 1.66. The summed E-state index contributed by atoms with van der Waals surface area (Å²) >= 11 is 0. The Kier molecular flexibility index (Phi) is 5.00. The third-order valence-electron chi connectivity index (χ3n) is 4.08. The van der Waals surface area contributed by atoms with Gasteiger partial charge >= 0.3 is 6.09 Å². The fraction of sp³-hybridized carbons (Fsp3) is 0.263. The monoisotopic (exact) mass is 340 g/mol. The summed E-state index contributed by atoms with van der Waals surface area (Å²) in [4.78, 5) is 25.3. The van der Waals surface area contributed by atoms with Crippen molar-refractivity contribution < 1.29 is 14.6 Å². The molecule has 1 N–H and O–H groups in total. The van der Waals surface area contributed by atoms with Gasteiger partial charge in [-0.3, -0.25) is 4.79 Å². The second-order valence-electron chi connectivity index (χ2n) is 6.05. The van der Waals surface area contributed by atoms with Gasteiger partial charge in [-0.05, 0) is 28.8 Å². The Morgan fingerprint density at radius 1 is 1.24 bits per heavy atom. The first-order chi connectivity index (χ1) is 12.0. The van der Waals surface area contributed by atoms with Gasteiger partial charge in [-0.2, -0.15) is 0 Å². The molecule has 1 aliphatic heterocycles. The van der Waals surface area contributed by atoms with Gasteiger partial charge in [-0.15, -0.1) is 0 Å². The fourth-order valence-corrected chi connectivity index (χ4v) is 2.75. The predicted octanol–water partition coefficient (Wildman–Crippen LogP) is 1.78. The fourth-order valence-electron chi connectivity index (χ4n) is 2.75. The molecule has 1 unspecified atom stereocenters. The highest BCUT2D eigenvalue weighted by molar-refractivity contribution is 5.75. The van der Waals surface area contributed by atoms with Crippen molar-refractivity contribution in [2.75, 3.05) is 13.1 Å². The van der Waals surface area contributed by atoms with Crippen LogP contribution in [0.2, 0.25) is 0 Å². The molecular weight excluding hydrogens is 320 g/mol. The molecule has 2 aromatic rings. The molecule has 6 heteroatoms. The summed E-state index contributed by atoms with van der Waals surface area (Å²) in [6.07, 6.45) is 2.16. The number of amides is 1. The van der Waals surface area contributed by atoms with Crippen LogP contribution in [0.15, 0.2) is 59.5 Å². The van der Waals surface area contributed by atoms with Crippen molar-refractivity contribution in [3.63, 3.8) is 0 Å². The van der Waals surface area contributed by atoms with Crippen molar-refractivity contribution >= 4 is 11.7 Å². The molecule has 0 fully saturated rings. The van der Waals surface area contributed by atoms with E-state index in [9.17, 15) is 14.7 Å². The van der Waals surface area contributed by atoms with Crippen LogP contribution in [0.3, 0.4) is 0 Å². The Hall–Kier alpha value is -2.86. The summed E-state index contributed by atoms with van der Waals surface area (Å²) in [5.74, 6) is 0. The Bertz CT molecular complexity index is 842. The highest BCUT2D eigenvalue weighted by atomic mass is 16.6. The molecule has 0 saturated carbocycles. The molecule has 6 nitrogen and oxygen atoms in total. The van der Waals surface area contributed by atoms with Gasteiger partial charge in [0.1, 0.15) is 6.61 Å². The molecule has 0 bridgehead atoms. The van der Waals surface area contributed by atoms with E-state index in [1.165, 1.54) is 15.5 Å². The van der Waals surface area contributed by atoms with E-state index in [0.717, 1.165) is 16.7 Å². The maximum Gasteiger partial charge on any atom is 0.410 e. The van der Waals surface area contributed by atoms with E-state index < -0.39 is 12.2 Å². The Morgan fingerprint density at radius 3 is 2.72 bits per heavy atom. The molecule has 3 rings (SSSR count). The van der Waals surface area contributed by atoms with Crippen molar-refractivity contribution in [1.29, 1.82) is 0 Å². The number of carbonyl (C=O) groups is 1. The number of aryl methyl sites for hydroxylation is 1. The van der Waals surface area contributed by atoms with Crippen LogP contribution in [-0.2, 0) is 18.4 Å². The molecule has 1 aromatic heterocycles. The summed E-state index contributed by atoms with van der Waals surface area (Å²) in [6.45, 7) is 0.691. The average Bonchev–Trinajstić information content (AvgIpc) is 2.62. The largest absolute Gasteiger partial charge is 0.445 e. The van der Waals surface area contributed by atoms with Crippen molar-refractivity contribution in [3.05, 3.63) is 76.2 Å². The van der Waals surface area contributed by atoms with Crippen LogP contribution in [-0.4, -0.2) is 39.9 Å². The summed E-state index contributed by atoms with van der Waals surface area (Å²) in [6, 6.07) is 12.6. The zero-order valence-corrected chi connectivity index (χ0v) is 14.0. The van der Waals surface area contributed by atoms with Crippen LogP contribution >= 0.6 is 0 Å². The zero-order chi connectivity index (χ0) is 17.8. The lowest BCUT2D eigenvalue weighted by Crippen LogP contribution is -2.41. The topological polar surface area (TPSA) is 71.8 Å².